The Morgan fingerprint density at radius 1 is 1.21 bits per heavy atom. The van der Waals surface area contributed by atoms with E-state index in [-0.39, 0.29) is 10.8 Å². The molecule has 2 N–H and O–H groups in total. The molecule has 1 aromatic carbocycles. The molecule has 7 heteroatoms. The summed E-state index contributed by atoms with van der Waals surface area (Å²) < 4.78 is 10.3. The minimum absolute atomic E-state index is 0.00992. The molecule has 0 aliphatic rings. The lowest BCUT2D eigenvalue weighted by atomic mass is 10.2. The van der Waals surface area contributed by atoms with Crippen LogP contribution in [0.4, 0.5) is 11.5 Å². The van der Waals surface area contributed by atoms with Crippen LogP contribution in [-0.4, -0.2) is 24.2 Å². The molecular formula is C12H12ClN3O3. The molecule has 2 aromatic rings. The number of H-pyrrole nitrogens is 1. The summed E-state index contributed by atoms with van der Waals surface area (Å²) in [5, 5.41) is 2.93. The van der Waals surface area contributed by atoms with Crippen molar-refractivity contribution in [1.82, 2.24) is 9.97 Å². The van der Waals surface area contributed by atoms with Gasteiger partial charge in [-0.05, 0) is 0 Å². The van der Waals surface area contributed by atoms with Crippen LogP contribution >= 0.6 is 11.6 Å². The quantitative estimate of drug-likeness (QED) is 0.898. The number of aromatic nitrogens is 2. The van der Waals surface area contributed by atoms with Gasteiger partial charge in [-0.25, -0.2) is 4.98 Å². The molecule has 0 radical (unpaired) electrons. The lowest BCUT2D eigenvalue weighted by molar-refractivity contribution is 0.395. The SMILES string of the molecule is COc1cc(Nc2nc[nH]c(=O)c2Cl)cc(OC)c1. The molecule has 0 atom stereocenters. The molecule has 0 unspecified atom stereocenters. The topological polar surface area (TPSA) is 76.2 Å². The zero-order valence-electron chi connectivity index (χ0n) is 10.4. The number of ether oxygens (including phenoxy) is 2. The van der Waals surface area contributed by atoms with Crippen LogP contribution in [0.1, 0.15) is 0 Å². The van der Waals surface area contributed by atoms with Crippen molar-refractivity contribution in [3.8, 4) is 11.5 Å². The lowest BCUT2D eigenvalue weighted by Crippen LogP contribution is -2.09. The Hall–Kier alpha value is -2.21. The summed E-state index contributed by atoms with van der Waals surface area (Å²) in [6.45, 7) is 0. The molecule has 19 heavy (non-hydrogen) atoms. The molecule has 0 amide bonds. The first kappa shape index (κ1) is 13.2. The number of rotatable bonds is 4. The van der Waals surface area contributed by atoms with Gasteiger partial charge in [0.15, 0.2) is 5.82 Å². The normalized spacial score (nSPS) is 10.1. The van der Waals surface area contributed by atoms with Crippen molar-refractivity contribution < 1.29 is 9.47 Å². The molecule has 0 aliphatic carbocycles. The van der Waals surface area contributed by atoms with Gasteiger partial charge in [-0.3, -0.25) is 4.79 Å². The van der Waals surface area contributed by atoms with E-state index in [0.29, 0.717) is 17.2 Å². The molecule has 6 nitrogen and oxygen atoms in total. The third-order valence-electron chi connectivity index (χ3n) is 2.41. The van der Waals surface area contributed by atoms with E-state index in [1.807, 2.05) is 0 Å². The predicted molar refractivity (Wildman–Crippen MR) is 72.7 cm³/mol. The van der Waals surface area contributed by atoms with Crippen LogP contribution in [-0.2, 0) is 0 Å². The fourth-order valence-corrected chi connectivity index (χ4v) is 1.64. The van der Waals surface area contributed by atoms with Gasteiger partial charge in [-0.1, -0.05) is 11.6 Å². The fraction of sp³-hybridized carbons (Fsp3) is 0.167. The maximum atomic E-state index is 11.4. The van der Waals surface area contributed by atoms with E-state index < -0.39 is 5.56 Å². The minimum atomic E-state index is -0.408. The Morgan fingerprint density at radius 2 is 1.84 bits per heavy atom. The van der Waals surface area contributed by atoms with Crippen molar-refractivity contribution in [3.05, 3.63) is 39.9 Å². The molecular weight excluding hydrogens is 270 g/mol. The molecule has 0 saturated heterocycles. The van der Waals surface area contributed by atoms with Gasteiger partial charge in [0.05, 0.1) is 20.5 Å². The standard InChI is InChI=1S/C12H12ClN3O3/c1-18-8-3-7(4-9(5-8)19-2)16-11-10(13)12(17)15-6-14-11/h3-6H,1-2H3,(H2,14,15,16,17). The van der Waals surface area contributed by atoms with Crippen LogP contribution in [0.5, 0.6) is 11.5 Å². The summed E-state index contributed by atoms with van der Waals surface area (Å²) in [6, 6.07) is 5.21. The molecule has 2 rings (SSSR count). The zero-order valence-corrected chi connectivity index (χ0v) is 11.1. The smallest absolute Gasteiger partial charge is 0.271 e. The number of aromatic amines is 1. The minimum Gasteiger partial charge on any atom is -0.497 e. The summed E-state index contributed by atoms with van der Waals surface area (Å²) >= 11 is 5.86. The number of hydrogen-bond donors (Lipinski definition) is 2. The van der Waals surface area contributed by atoms with Crippen molar-refractivity contribution in [2.75, 3.05) is 19.5 Å². The average molecular weight is 282 g/mol. The maximum absolute atomic E-state index is 11.4. The lowest BCUT2D eigenvalue weighted by Gasteiger charge is -2.10. The maximum Gasteiger partial charge on any atom is 0.271 e. The van der Waals surface area contributed by atoms with Gasteiger partial charge < -0.3 is 19.8 Å². The summed E-state index contributed by atoms with van der Waals surface area (Å²) in [4.78, 5) is 17.7. The largest absolute Gasteiger partial charge is 0.497 e. The van der Waals surface area contributed by atoms with Crippen molar-refractivity contribution in [3.63, 3.8) is 0 Å². The Balaban J connectivity index is 2.37. The number of halogens is 1. The Kier molecular flexibility index (Phi) is 3.91. The Morgan fingerprint density at radius 3 is 2.42 bits per heavy atom. The summed E-state index contributed by atoms with van der Waals surface area (Å²) in [7, 11) is 3.11. The Bertz CT molecular complexity index is 620. The number of benzene rings is 1. The number of nitrogens with one attached hydrogen (secondary N) is 2. The first-order valence-electron chi connectivity index (χ1n) is 5.37. The monoisotopic (exact) mass is 281 g/mol. The van der Waals surface area contributed by atoms with Gasteiger partial charge in [0.25, 0.3) is 5.56 Å². The second-order valence-corrected chi connectivity index (χ2v) is 4.00. The summed E-state index contributed by atoms with van der Waals surface area (Å²) in [6.07, 6.45) is 1.27. The third-order valence-corrected chi connectivity index (χ3v) is 2.76. The van der Waals surface area contributed by atoms with Crippen molar-refractivity contribution in [2.24, 2.45) is 0 Å². The van der Waals surface area contributed by atoms with E-state index in [4.69, 9.17) is 21.1 Å². The molecule has 0 bridgehead atoms. The highest BCUT2D eigenvalue weighted by Gasteiger charge is 2.08. The molecule has 0 fully saturated rings. The number of nitrogens with zero attached hydrogens (tertiary/aromatic N) is 1. The first-order chi connectivity index (χ1) is 9.13. The van der Waals surface area contributed by atoms with Crippen LogP contribution in [0.2, 0.25) is 5.02 Å². The molecule has 0 spiro atoms. The predicted octanol–water partition coefficient (Wildman–Crippen LogP) is 2.18. The molecule has 100 valence electrons. The van der Waals surface area contributed by atoms with Gasteiger partial charge in [-0.2, -0.15) is 0 Å². The highest BCUT2D eigenvalue weighted by atomic mass is 35.5. The highest BCUT2D eigenvalue weighted by molar-refractivity contribution is 6.32. The molecule has 0 aliphatic heterocycles. The van der Waals surface area contributed by atoms with Crippen LogP contribution in [0.3, 0.4) is 0 Å². The fourth-order valence-electron chi connectivity index (χ4n) is 1.49. The molecule has 1 aromatic heterocycles. The van der Waals surface area contributed by atoms with E-state index in [0.717, 1.165) is 0 Å². The van der Waals surface area contributed by atoms with Gasteiger partial charge >= 0.3 is 0 Å². The zero-order chi connectivity index (χ0) is 13.8. The van der Waals surface area contributed by atoms with Crippen LogP contribution in [0.15, 0.2) is 29.3 Å². The van der Waals surface area contributed by atoms with E-state index in [1.54, 1.807) is 32.4 Å². The number of anilines is 2. The second kappa shape index (κ2) is 5.62. The van der Waals surface area contributed by atoms with Gasteiger partial charge in [0, 0.05) is 23.9 Å². The third kappa shape index (κ3) is 2.97. The Labute approximate surface area is 114 Å². The summed E-state index contributed by atoms with van der Waals surface area (Å²) in [5.74, 6) is 1.49. The van der Waals surface area contributed by atoms with Crippen molar-refractivity contribution in [2.45, 2.75) is 0 Å². The van der Waals surface area contributed by atoms with Crippen LogP contribution in [0, 0.1) is 0 Å². The van der Waals surface area contributed by atoms with E-state index >= 15 is 0 Å². The van der Waals surface area contributed by atoms with Crippen LogP contribution < -0.4 is 20.3 Å². The molecule has 0 saturated carbocycles. The number of hydrogen-bond acceptors (Lipinski definition) is 5. The van der Waals surface area contributed by atoms with Crippen LogP contribution in [0.25, 0.3) is 0 Å². The number of methoxy groups -OCH3 is 2. The first-order valence-corrected chi connectivity index (χ1v) is 5.75. The second-order valence-electron chi connectivity index (χ2n) is 3.62. The highest BCUT2D eigenvalue weighted by Crippen LogP contribution is 2.28. The van der Waals surface area contributed by atoms with Gasteiger partial charge in [0.1, 0.15) is 16.5 Å². The van der Waals surface area contributed by atoms with E-state index in [9.17, 15) is 4.79 Å². The van der Waals surface area contributed by atoms with Crippen molar-refractivity contribution >= 4 is 23.1 Å². The summed E-state index contributed by atoms with van der Waals surface area (Å²) in [5.41, 5.74) is 0.241. The average Bonchev–Trinajstić information content (AvgIpc) is 2.43. The van der Waals surface area contributed by atoms with E-state index in [1.165, 1.54) is 6.33 Å². The van der Waals surface area contributed by atoms with Gasteiger partial charge in [0.2, 0.25) is 0 Å². The van der Waals surface area contributed by atoms with Crippen molar-refractivity contribution in [1.29, 1.82) is 0 Å². The van der Waals surface area contributed by atoms with Gasteiger partial charge in [-0.15, -0.1) is 0 Å². The molecule has 1 heterocycles. The van der Waals surface area contributed by atoms with E-state index in [2.05, 4.69) is 15.3 Å².